The number of para-hydroxylation sites is 2. The molecule has 0 radical (unpaired) electrons. The molecule has 0 fully saturated rings. The number of amides is 2. The Kier molecular flexibility index (Phi) is 5.64. The Morgan fingerprint density at radius 1 is 1.36 bits per heavy atom. The number of carbonyl (C=O) groups is 2. The molecule has 0 saturated heterocycles. The molecular formula is C12H13ClN2O7. The fourth-order valence-electron chi connectivity index (χ4n) is 1.51. The molecule has 2 amide bonds. The van der Waals surface area contributed by atoms with Crippen molar-refractivity contribution in [3.05, 3.63) is 24.3 Å². The molecule has 9 nitrogen and oxygen atoms in total. The number of hydrogen-bond acceptors (Lipinski definition) is 7. The molecule has 1 aromatic carbocycles. The molecule has 1 aliphatic heterocycles. The van der Waals surface area contributed by atoms with Crippen molar-refractivity contribution in [3.8, 4) is 5.75 Å². The SMILES string of the molecule is COC1Oc2ccccc2N(C(=O)OOC(=O)NCCCl)O1. The normalized spacial score (nSPS) is 16.3. The van der Waals surface area contributed by atoms with Gasteiger partial charge in [-0.2, -0.15) is 4.84 Å². The number of rotatable bonds is 3. The lowest BCUT2D eigenvalue weighted by Crippen LogP contribution is -2.43. The van der Waals surface area contributed by atoms with E-state index in [2.05, 4.69) is 15.1 Å². The third-order valence-corrected chi connectivity index (χ3v) is 2.60. The van der Waals surface area contributed by atoms with Gasteiger partial charge in [-0.3, -0.25) is 0 Å². The summed E-state index contributed by atoms with van der Waals surface area (Å²) in [6, 6.07) is 6.53. The second kappa shape index (κ2) is 7.69. The van der Waals surface area contributed by atoms with Crippen LogP contribution in [-0.2, 0) is 19.3 Å². The molecule has 0 saturated carbocycles. The van der Waals surface area contributed by atoms with Crippen LogP contribution in [0.5, 0.6) is 5.75 Å². The fourth-order valence-corrected chi connectivity index (χ4v) is 1.61. The van der Waals surface area contributed by atoms with E-state index in [0.29, 0.717) is 5.75 Å². The first-order valence-corrected chi connectivity index (χ1v) is 6.67. The molecule has 0 aliphatic carbocycles. The summed E-state index contributed by atoms with van der Waals surface area (Å²) in [7, 11) is 1.33. The molecular weight excluding hydrogens is 320 g/mol. The number of halogens is 1. The number of carbonyl (C=O) groups excluding carboxylic acids is 2. The van der Waals surface area contributed by atoms with E-state index in [-0.39, 0.29) is 18.1 Å². The zero-order valence-electron chi connectivity index (χ0n) is 11.5. The van der Waals surface area contributed by atoms with Crippen molar-refractivity contribution in [1.29, 1.82) is 0 Å². The summed E-state index contributed by atoms with van der Waals surface area (Å²) >= 11 is 5.38. The van der Waals surface area contributed by atoms with Crippen LogP contribution in [0.4, 0.5) is 15.3 Å². The molecule has 1 unspecified atom stereocenters. The highest BCUT2D eigenvalue weighted by Crippen LogP contribution is 2.34. The summed E-state index contributed by atoms with van der Waals surface area (Å²) in [5, 5.41) is 3.00. The highest BCUT2D eigenvalue weighted by molar-refractivity contribution is 6.18. The number of benzene rings is 1. The minimum atomic E-state index is -1.15. The number of nitrogens with one attached hydrogen (secondary N) is 1. The minimum Gasteiger partial charge on any atom is -0.438 e. The van der Waals surface area contributed by atoms with E-state index >= 15 is 0 Å². The first-order valence-electron chi connectivity index (χ1n) is 6.13. The molecule has 22 heavy (non-hydrogen) atoms. The Morgan fingerprint density at radius 2 is 2.14 bits per heavy atom. The predicted octanol–water partition coefficient (Wildman–Crippen LogP) is 1.76. The van der Waals surface area contributed by atoms with E-state index in [0.717, 1.165) is 5.06 Å². The Hall–Kier alpha value is -2.23. The van der Waals surface area contributed by atoms with Crippen molar-refractivity contribution in [3.63, 3.8) is 0 Å². The Balaban J connectivity index is 2.01. The number of nitrogens with zero attached hydrogens (tertiary/aromatic N) is 1. The summed E-state index contributed by atoms with van der Waals surface area (Å²) < 4.78 is 10.2. The second-order valence-electron chi connectivity index (χ2n) is 3.85. The van der Waals surface area contributed by atoms with Crippen molar-refractivity contribution in [1.82, 2.24) is 5.32 Å². The van der Waals surface area contributed by atoms with E-state index < -0.39 is 18.7 Å². The minimum absolute atomic E-state index is 0.167. The summed E-state index contributed by atoms with van der Waals surface area (Å²) in [4.78, 5) is 36.9. The fraction of sp³-hybridized carbons (Fsp3) is 0.333. The van der Waals surface area contributed by atoms with Crippen LogP contribution >= 0.6 is 11.6 Å². The van der Waals surface area contributed by atoms with Crippen molar-refractivity contribution >= 4 is 29.5 Å². The van der Waals surface area contributed by atoms with Crippen LogP contribution in [0.25, 0.3) is 0 Å². The molecule has 0 bridgehead atoms. The van der Waals surface area contributed by atoms with Gasteiger partial charge in [0.25, 0.3) is 0 Å². The van der Waals surface area contributed by atoms with Gasteiger partial charge in [0.2, 0.25) is 0 Å². The quantitative estimate of drug-likeness (QED) is 0.512. The second-order valence-corrected chi connectivity index (χ2v) is 4.22. The van der Waals surface area contributed by atoms with Gasteiger partial charge in [0.1, 0.15) is 5.69 Å². The predicted molar refractivity (Wildman–Crippen MR) is 73.1 cm³/mol. The van der Waals surface area contributed by atoms with Gasteiger partial charge in [0.15, 0.2) is 5.75 Å². The molecule has 1 atom stereocenters. The molecule has 120 valence electrons. The number of hydrogen-bond donors (Lipinski definition) is 1. The van der Waals surface area contributed by atoms with Crippen LogP contribution in [0.3, 0.4) is 0 Å². The zero-order valence-corrected chi connectivity index (χ0v) is 12.2. The highest BCUT2D eigenvalue weighted by atomic mass is 35.5. The summed E-state index contributed by atoms with van der Waals surface area (Å²) in [6.07, 6.45) is -2.04. The van der Waals surface area contributed by atoms with Gasteiger partial charge in [0, 0.05) is 19.5 Å². The monoisotopic (exact) mass is 332 g/mol. The van der Waals surface area contributed by atoms with Crippen LogP contribution in [0, 0.1) is 0 Å². The first kappa shape index (κ1) is 16.1. The van der Waals surface area contributed by atoms with Gasteiger partial charge in [-0.15, -0.1) is 16.7 Å². The van der Waals surface area contributed by atoms with Crippen molar-refractivity contribution in [2.24, 2.45) is 0 Å². The van der Waals surface area contributed by atoms with Crippen LogP contribution < -0.4 is 15.1 Å². The number of alkyl halides is 1. The topological polar surface area (TPSA) is 95.6 Å². The Morgan fingerprint density at radius 3 is 2.86 bits per heavy atom. The number of ether oxygens (including phenoxy) is 2. The number of methoxy groups -OCH3 is 1. The maximum Gasteiger partial charge on any atom is 0.481 e. The summed E-state index contributed by atoms with van der Waals surface area (Å²) in [6.45, 7) is -0.979. The zero-order chi connectivity index (χ0) is 15.9. The van der Waals surface area contributed by atoms with Crippen LogP contribution in [0.1, 0.15) is 0 Å². The summed E-state index contributed by atoms with van der Waals surface area (Å²) in [5.74, 6) is 0.530. The molecule has 1 heterocycles. The maximum absolute atomic E-state index is 11.9. The molecule has 0 aromatic heterocycles. The average molecular weight is 333 g/mol. The molecule has 1 aromatic rings. The first-order chi connectivity index (χ1) is 10.7. The third kappa shape index (κ3) is 3.91. The van der Waals surface area contributed by atoms with Crippen molar-refractivity contribution in [2.75, 3.05) is 24.6 Å². The Labute approximate surface area is 130 Å². The van der Waals surface area contributed by atoms with Gasteiger partial charge < -0.3 is 14.8 Å². The smallest absolute Gasteiger partial charge is 0.438 e. The highest BCUT2D eigenvalue weighted by Gasteiger charge is 2.33. The third-order valence-electron chi connectivity index (χ3n) is 2.41. The van der Waals surface area contributed by atoms with E-state index in [9.17, 15) is 9.59 Å². The lowest BCUT2D eigenvalue weighted by Gasteiger charge is -2.31. The van der Waals surface area contributed by atoms with Crippen molar-refractivity contribution < 1.29 is 33.7 Å². The van der Waals surface area contributed by atoms with E-state index in [1.807, 2.05) is 0 Å². The van der Waals surface area contributed by atoms with Gasteiger partial charge in [-0.25, -0.2) is 19.4 Å². The number of hydroxylamine groups is 1. The average Bonchev–Trinajstić information content (AvgIpc) is 2.56. The molecule has 1 aliphatic rings. The molecule has 1 N–H and O–H groups in total. The number of fused-ring (bicyclic) bond motifs is 1. The van der Waals surface area contributed by atoms with Gasteiger partial charge in [-0.1, -0.05) is 12.1 Å². The van der Waals surface area contributed by atoms with E-state index in [1.165, 1.54) is 7.11 Å². The van der Waals surface area contributed by atoms with E-state index in [1.54, 1.807) is 24.3 Å². The van der Waals surface area contributed by atoms with Crippen LogP contribution in [0.15, 0.2) is 24.3 Å². The lowest BCUT2D eigenvalue weighted by atomic mass is 10.3. The van der Waals surface area contributed by atoms with Crippen LogP contribution in [0.2, 0.25) is 0 Å². The Bertz CT molecular complexity index is 542. The standard InChI is InChI=1S/C12H13ClN2O7/c1-18-12-19-9-5-3-2-4-8(9)15(20-12)11(17)22-21-10(16)14-7-6-13/h2-5,12H,6-7H2,1H3,(H,14,16). The van der Waals surface area contributed by atoms with Crippen LogP contribution in [-0.4, -0.2) is 38.2 Å². The summed E-state index contributed by atoms with van der Waals surface area (Å²) in [5.41, 5.74) is 0.269. The van der Waals surface area contributed by atoms with E-state index in [4.69, 9.17) is 25.9 Å². The van der Waals surface area contributed by atoms with Gasteiger partial charge in [0.05, 0.1) is 0 Å². The van der Waals surface area contributed by atoms with Gasteiger partial charge in [-0.05, 0) is 12.1 Å². The molecule has 10 heteroatoms. The molecule has 2 rings (SSSR count). The largest absolute Gasteiger partial charge is 0.481 e. The van der Waals surface area contributed by atoms with Gasteiger partial charge >= 0.3 is 18.7 Å². The molecule has 0 spiro atoms. The lowest BCUT2D eigenvalue weighted by molar-refractivity contribution is -0.254. The van der Waals surface area contributed by atoms with Crippen molar-refractivity contribution in [2.45, 2.75) is 6.48 Å². The number of anilines is 1. The maximum atomic E-state index is 11.9.